The fourth-order valence-corrected chi connectivity index (χ4v) is 2.63. The molecule has 0 saturated heterocycles. The Hall–Kier alpha value is -3.34. The van der Waals surface area contributed by atoms with Crippen molar-refractivity contribution in [2.24, 2.45) is 0 Å². The lowest BCUT2D eigenvalue weighted by Gasteiger charge is -2.08. The molecule has 27 heavy (non-hydrogen) atoms. The summed E-state index contributed by atoms with van der Waals surface area (Å²) in [6.07, 6.45) is -3.44. The number of alkyl halides is 3. The van der Waals surface area contributed by atoms with Gasteiger partial charge in [0, 0.05) is 22.5 Å². The third-order valence-corrected chi connectivity index (χ3v) is 3.92. The molecule has 0 aliphatic heterocycles. The Kier molecular flexibility index (Phi) is 5.55. The van der Waals surface area contributed by atoms with Crippen LogP contribution in [-0.4, -0.2) is 23.8 Å². The van der Waals surface area contributed by atoms with Crippen LogP contribution in [0.1, 0.15) is 43.2 Å². The maximum absolute atomic E-state index is 12.9. The Morgan fingerprint density at radius 2 is 1.89 bits per heavy atom. The number of ketones is 1. The van der Waals surface area contributed by atoms with E-state index in [2.05, 4.69) is 4.98 Å². The van der Waals surface area contributed by atoms with Crippen LogP contribution in [-0.2, 0) is 10.9 Å². The number of ether oxygens (including phenoxy) is 1. The summed E-state index contributed by atoms with van der Waals surface area (Å²) < 4.78 is 43.3. The van der Waals surface area contributed by atoms with Crippen LogP contribution < -0.4 is 0 Å². The second-order valence-electron chi connectivity index (χ2n) is 5.73. The molecule has 8 heteroatoms. The first-order valence-electron chi connectivity index (χ1n) is 7.71. The van der Waals surface area contributed by atoms with E-state index in [4.69, 9.17) is 4.74 Å². The first-order chi connectivity index (χ1) is 12.6. The number of hydrogen-bond acceptors (Lipinski definition) is 4. The first kappa shape index (κ1) is 20.0. The molecule has 0 radical (unpaired) electrons. The summed E-state index contributed by atoms with van der Waals surface area (Å²) in [5.74, 6) is -1.54. The monoisotopic (exact) mass is 376 g/mol. The second-order valence-corrected chi connectivity index (χ2v) is 5.73. The molecule has 0 bridgehead atoms. The van der Waals surface area contributed by atoms with Crippen LogP contribution in [0.4, 0.5) is 13.2 Å². The largest absolute Gasteiger partial charge is 0.465 e. The molecule has 140 valence electrons. The molecule has 0 saturated carbocycles. The maximum Gasteiger partial charge on any atom is 0.416 e. The quantitative estimate of drug-likeness (QED) is 0.375. The van der Waals surface area contributed by atoms with Gasteiger partial charge < -0.3 is 9.72 Å². The van der Waals surface area contributed by atoms with E-state index in [0.29, 0.717) is 17.5 Å². The summed E-state index contributed by atoms with van der Waals surface area (Å²) in [4.78, 5) is 27.4. The Labute approximate surface area is 153 Å². The molecule has 0 amide bonds. The van der Waals surface area contributed by atoms with E-state index in [1.807, 2.05) is 0 Å². The lowest BCUT2D eigenvalue weighted by Crippen LogP contribution is -2.09. The van der Waals surface area contributed by atoms with Gasteiger partial charge in [-0.15, -0.1) is 0 Å². The molecule has 0 aliphatic rings. The molecule has 0 unspecified atom stereocenters. The second kappa shape index (κ2) is 7.50. The fourth-order valence-electron chi connectivity index (χ4n) is 2.63. The number of carbonyl (C=O) groups excluding carboxylic acids is 2. The number of hydrogen-bond donors (Lipinski definition) is 1. The van der Waals surface area contributed by atoms with Gasteiger partial charge in [0.15, 0.2) is 0 Å². The Balaban J connectivity index is 2.54. The Morgan fingerprint density at radius 3 is 2.44 bits per heavy atom. The predicted octanol–water partition coefficient (Wildman–Crippen LogP) is 4.23. The van der Waals surface area contributed by atoms with Gasteiger partial charge in [-0.25, -0.2) is 4.79 Å². The van der Waals surface area contributed by atoms with Crippen LogP contribution in [0.15, 0.2) is 29.8 Å². The Morgan fingerprint density at radius 1 is 1.22 bits per heavy atom. The van der Waals surface area contributed by atoms with Gasteiger partial charge >= 0.3 is 12.1 Å². The van der Waals surface area contributed by atoms with Gasteiger partial charge in [-0.05, 0) is 32.1 Å². The zero-order valence-electron chi connectivity index (χ0n) is 14.7. The number of methoxy groups -OCH3 is 1. The number of halogens is 3. The number of aromatic amines is 1. The number of nitrogens with one attached hydrogen (secondary N) is 1. The summed E-state index contributed by atoms with van der Waals surface area (Å²) in [7, 11) is 1.19. The maximum atomic E-state index is 12.9. The fraction of sp³-hybridized carbons (Fsp3) is 0.211. The number of H-pyrrole nitrogens is 1. The lowest BCUT2D eigenvalue weighted by molar-refractivity contribution is -0.137. The smallest absolute Gasteiger partial charge is 0.416 e. The Bertz CT molecular complexity index is 979. The van der Waals surface area contributed by atoms with Crippen molar-refractivity contribution in [3.05, 3.63) is 63.5 Å². The third-order valence-electron chi connectivity index (χ3n) is 3.92. The van der Waals surface area contributed by atoms with Crippen molar-refractivity contribution in [1.29, 1.82) is 5.26 Å². The number of carbonyl (C=O) groups is 2. The average molecular weight is 376 g/mol. The number of nitriles is 1. The molecule has 1 N–H and O–H groups in total. The van der Waals surface area contributed by atoms with Gasteiger partial charge in [0.2, 0.25) is 5.78 Å². The zero-order chi connectivity index (χ0) is 20.4. The summed E-state index contributed by atoms with van der Waals surface area (Å²) in [5.41, 5.74) is -0.249. The molecule has 2 rings (SSSR count). The predicted molar refractivity (Wildman–Crippen MR) is 91.0 cm³/mol. The van der Waals surface area contributed by atoms with Crippen LogP contribution in [0.3, 0.4) is 0 Å². The number of esters is 1. The van der Waals surface area contributed by atoms with Crippen LogP contribution in [0.5, 0.6) is 0 Å². The normalized spacial score (nSPS) is 11.8. The number of aromatic nitrogens is 1. The van der Waals surface area contributed by atoms with Gasteiger partial charge in [-0.2, -0.15) is 18.4 Å². The third kappa shape index (κ3) is 4.08. The molecule has 2 aromatic rings. The number of nitrogens with zero attached hydrogens (tertiary/aromatic N) is 1. The molecule has 1 aromatic heterocycles. The minimum Gasteiger partial charge on any atom is -0.465 e. The van der Waals surface area contributed by atoms with Crippen molar-refractivity contribution >= 4 is 17.8 Å². The highest BCUT2D eigenvalue weighted by atomic mass is 19.4. The number of benzene rings is 1. The van der Waals surface area contributed by atoms with E-state index < -0.39 is 29.1 Å². The minimum atomic E-state index is -4.61. The van der Waals surface area contributed by atoms with E-state index in [0.717, 1.165) is 12.1 Å². The van der Waals surface area contributed by atoms with E-state index in [-0.39, 0.29) is 16.7 Å². The molecule has 1 aromatic carbocycles. The van der Waals surface area contributed by atoms with Gasteiger partial charge in [0.1, 0.15) is 11.6 Å². The number of aryl methyl sites for hydroxylation is 2. The van der Waals surface area contributed by atoms with Crippen molar-refractivity contribution < 1.29 is 27.5 Å². The van der Waals surface area contributed by atoms with Crippen LogP contribution >= 0.6 is 0 Å². The average Bonchev–Trinajstić information content (AvgIpc) is 2.90. The van der Waals surface area contributed by atoms with Crippen LogP contribution in [0.2, 0.25) is 0 Å². The lowest BCUT2D eigenvalue weighted by atomic mass is 9.98. The summed E-state index contributed by atoms with van der Waals surface area (Å²) in [6.45, 7) is 3.26. The highest BCUT2D eigenvalue weighted by Gasteiger charge is 2.31. The number of allylic oxidation sites excluding steroid dienone is 1. The summed E-state index contributed by atoms with van der Waals surface area (Å²) in [5, 5.41) is 9.34. The molecular weight excluding hydrogens is 361 g/mol. The van der Waals surface area contributed by atoms with E-state index in [1.54, 1.807) is 19.9 Å². The standard InChI is InChI=1S/C19H15F3N2O3/c1-10-15(16(11(2)24-10)18(26)27-3)8-13(9-23)17(25)12-5-4-6-14(7-12)19(20,21)22/h4-8,24H,1-3H3. The topological polar surface area (TPSA) is 82.9 Å². The van der Waals surface area contributed by atoms with Crippen LogP contribution in [0, 0.1) is 25.2 Å². The molecule has 0 aliphatic carbocycles. The van der Waals surface area contributed by atoms with Gasteiger partial charge in [0.05, 0.1) is 18.2 Å². The van der Waals surface area contributed by atoms with Crippen molar-refractivity contribution in [2.45, 2.75) is 20.0 Å². The van der Waals surface area contributed by atoms with Gasteiger partial charge in [-0.3, -0.25) is 4.79 Å². The van der Waals surface area contributed by atoms with Crippen molar-refractivity contribution in [1.82, 2.24) is 4.98 Å². The van der Waals surface area contributed by atoms with E-state index >= 15 is 0 Å². The van der Waals surface area contributed by atoms with Crippen molar-refractivity contribution in [3.8, 4) is 6.07 Å². The molecular formula is C19H15F3N2O3. The molecule has 5 nitrogen and oxygen atoms in total. The summed E-state index contributed by atoms with van der Waals surface area (Å²) >= 11 is 0. The zero-order valence-corrected chi connectivity index (χ0v) is 14.7. The number of rotatable bonds is 4. The summed E-state index contributed by atoms with van der Waals surface area (Å²) in [6, 6.07) is 5.50. The van der Waals surface area contributed by atoms with Crippen molar-refractivity contribution in [3.63, 3.8) is 0 Å². The van der Waals surface area contributed by atoms with E-state index in [9.17, 15) is 28.0 Å². The van der Waals surface area contributed by atoms with Crippen molar-refractivity contribution in [2.75, 3.05) is 7.11 Å². The SMILES string of the molecule is COC(=O)c1c(C)[nH]c(C)c1C=C(C#N)C(=O)c1cccc(C(F)(F)F)c1. The highest BCUT2D eigenvalue weighted by molar-refractivity contribution is 6.14. The highest BCUT2D eigenvalue weighted by Crippen LogP contribution is 2.30. The first-order valence-corrected chi connectivity index (χ1v) is 7.71. The van der Waals surface area contributed by atoms with E-state index in [1.165, 1.54) is 19.3 Å². The molecule has 1 heterocycles. The number of Topliss-reactive ketones (excluding diaryl/α,β-unsaturated/α-hetero) is 1. The molecule has 0 spiro atoms. The van der Waals surface area contributed by atoms with Crippen LogP contribution in [0.25, 0.3) is 6.08 Å². The molecule has 0 fully saturated rings. The van der Waals surface area contributed by atoms with Gasteiger partial charge in [0.25, 0.3) is 0 Å². The van der Waals surface area contributed by atoms with Gasteiger partial charge in [-0.1, -0.05) is 12.1 Å². The molecule has 0 atom stereocenters. The minimum absolute atomic E-state index is 0.152.